The van der Waals surface area contributed by atoms with Crippen LogP contribution in [0.25, 0.3) is 16.7 Å². The molecule has 0 N–H and O–H groups in total. The number of rotatable bonds is 9. The molecule has 10 heteroatoms. The summed E-state index contributed by atoms with van der Waals surface area (Å²) in [5, 5.41) is 0. The zero-order chi connectivity index (χ0) is 29.0. The first-order chi connectivity index (χ1) is 19.2. The monoisotopic (exact) mass is 564 g/mol. The fourth-order valence-corrected chi connectivity index (χ4v) is 4.40. The van der Waals surface area contributed by atoms with Gasteiger partial charge in [-0.05, 0) is 56.0 Å². The summed E-state index contributed by atoms with van der Waals surface area (Å²) in [6, 6.07) is 6.90. The molecule has 0 aromatic heterocycles. The molecule has 0 radical (unpaired) electrons. The summed E-state index contributed by atoms with van der Waals surface area (Å²) in [5.41, 5.74) is -1.15. The van der Waals surface area contributed by atoms with Crippen LogP contribution in [0.2, 0.25) is 0 Å². The molecule has 0 aliphatic heterocycles. The average Bonchev–Trinajstić information content (AvgIpc) is 2.94. The number of esters is 1. The van der Waals surface area contributed by atoms with Crippen molar-refractivity contribution in [1.29, 1.82) is 0 Å². The first-order valence-electron chi connectivity index (χ1n) is 12.8. The van der Waals surface area contributed by atoms with Crippen LogP contribution in [-0.4, -0.2) is 25.3 Å². The maximum atomic E-state index is 15.1. The van der Waals surface area contributed by atoms with E-state index in [1.54, 1.807) is 19.9 Å². The van der Waals surface area contributed by atoms with Gasteiger partial charge in [0.1, 0.15) is 6.10 Å². The van der Waals surface area contributed by atoms with Crippen molar-refractivity contribution in [3.8, 4) is 22.6 Å². The maximum Gasteiger partial charge on any atom is 0.341 e. The Bertz CT molecular complexity index is 1450. The van der Waals surface area contributed by atoms with E-state index in [-0.39, 0.29) is 49.5 Å². The molecule has 0 bridgehead atoms. The maximum absolute atomic E-state index is 15.1. The number of carbonyl (C=O) groups is 1. The summed E-state index contributed by atoms with van der Waals surface area (Å²) in [4.78, 5) is 12.5. The summed E-state index contributed by atoms with van der Waals surface area (Å²) >= 11 is 0. The summed E-state index contributed by atoms with van der Waals surface area (Å²) in [7, 11) is 0. The second-order valence-electron chi connectivity index (χ2n) is 9.08. The van der Waals surface area contributed by atoms with E-state index in [0.717, 1.165) is 30.3 Å². The molecule has 0 saturated carbocycles. The lowest BCUT2D eigenvalue weighted by Crippen LogP contribution is -2.21. The van der Waals surface area contributed by atoms with Crippen molar-refractivity contribution in [2.45, 2.75) is 45.6 Å². The highest BCUT2D eigenvalue weighted by molar-refractivity contribution is 5.90. The Kier molecular flexibility index (Phi) is 9.07. The summed E-state index contributed by atoms with van der Waals surface area (Å²) in [6.45, 7) is 3.67. The van der Waals surface area contributed by atoms with Crippen LogP contribution in [0, 0.1) is 34.9 Å². The van der Waals surface area contributed by atoms with Crippen molar-refractivity contribution >= 4 is 11.5 Å². The number of benzene rings is 3. The molecular formula is C30H26F6O4. The van der Waals surface area contributed by atoms with Gasteiger partial charge < -0.3 is 14.2 Å². The Morgan fingerprint density at radius 1 is 0.750 bits per heavy atom. The van der Waals surface area contributed by atoms with Crippen LogP contribution in [0.3, 0.4) is 0 Å². The van der Waals surface area contributed by atoms with E-state index in [0.29, 0.717) is 12.0 Å². The van der Waals surface area contributed by atoms with Gasteiger partial charge in [-0.25, -0.2) is 22.4 Å². The predicted octanol–water partition coefficient (Wildman–Crippen LogP) is 8.17. The number of halogens is 6. The van der Waals surface area contributed by atoms with Gasteiger partial charge >= 0.3 is 5.97 Å². The van der Waals surface area contributed by atoms with Crippen molar-refractivity contribution in [2.24, 2.45) is 0 Å². The van der Waals surface area contributed by atoms with Gasteiger partial charge in [0.2, 0.25) is 11.6 Å². The van der Waals surface area contributed by atoms with E-state index in [9.17, 15) is 22.4 Å². The molecule has 40 heavy (non-hydrogen) atoms. The van der Waals surface area contributed by atoms with E-state index < -0.39 is 63.7 Å². The normalized spacial score (nSPS) is 15.0. The lowest BCUT2D eigenvalue weighted by molar-refractivity contribution is 0.0278. The topological polar surface area (TPSA) is 44.8 Å². The molecule has 4 rings (SSSR count). The van der Waals surface area contributed by atoms with Crippen LogP contribution in [0.15, 0.2) is 42.5 Å². The summed E-state index contributed by atoms with van der Waals surface area (Å²) in [6.07, 6.45) is 1.94. The van der Waals surface area contributed by atoms with Crippen molar-refractivity contribution in [2.75, 3.05) is 13.2 Å². The van der Waals surface area contributed by atoms with Gasteiger partial charge in [-0.15, -0.1) is 0 Å². The van der Waals surface area contributed by atoms with Crippen molar-refractivity contribution in [3.05, 3.63) is 88.5 Å². The van der Waals surface area contributed by atoms with Gasteiger partial charge in [0.15, 0.2) is 34.8 Å². The van der Waals surface area contributed by atoms with Gasteiger partial charge in [-0.3, -0.25) is 0 Å². The molecule has 1 unspecified atom stereocenters. The zero-order valence-corrected chi connectivity index (χ0v) is 21.8. The van der Waals surface area contributed by atoms with Crippen molar-refractivity contribution < 1.29 is 45.3 Å². The standard InChI is InChI=1S/C30H26F6O4/c1-3-15-39-23-14-12-21(27(34)29(23)36)30(37)40-17-7-5-16(6-8-17)18-9-10-19(25(32)24(18)31)20-11-13-22(38-4-2)28(35)26(20)33/h5,9-14,17H,3-4,6-8,15H2,1-2H3. The van der Waals surface area contributed by atoms with E-state index in [2.05, 4.69) is 0 Å². The van der Waals surface area contributed by atoms with Gasteiger partial charge in [0.25, 0.3) is 0 Å². The molecule has 1 aliphatic rings. The molecule has 1 aliphatic carbocycles. The largest absolute Gasteiger partial charge is 0.491 e. The van der Waals surface area contributed by atoms with E-state index in [1.807, 2.05) is 0 Å². The number of hydrogen-bond acceptors (Lipinski definition) is 4. The van der Waals surface area contributed by atoms with E-state index >= 15 is 8.78 Å². The fourth-order valence-electron chi connectivity index (χ4n) is 4.40. The van der Waals surface area contributed by atoms with Crippen LogP contribution in [0.5, 0.6) is 11.5 Å². The Balaban J connectivity index is 1.48. The molecule has 0 spiro atoms. The van der Waals surface area contributed by atoms with Crippen LogP contribution in [0.4, 0.5) is 26.3 Å². The molecule has 4 nitrogen and oxygen atoms in total. The summed E-state index contributed by atoms with van der Waals surface area (Å²) < 4.78 is 103. The minimum Gasteiger partial charge on any atom is -0.491 e. The smallest absolute Gasteiger partial charge is 0.341 e. The molecule has 3 aromatic rings. The Hall–Kier alpha value is -3.95. The van der Waals surface area contributed by atoms with Gasteiger partial charge in [-0.1, -0.05) is 25.1 Å². The van der Waals surface area contributed by atoms with Crippen LogP contribution < -0.4 is 9.47 Å². The second kappa shape index (κ2) is 12.5. The van der Waals surface area contributed by atoms with E-state index in [1.165, 1.54) is 6.07 Å². The Morgan fingerprint density at radius 2 is 1.32 bits per heavy atom. The third-order valence-electron chi connectivity index (χ3n) is 6.43. The molecule has 1 atom stereocenters. The SMILES string of the molecule is CCCOc1ccc(C(=O)OC2CC=C(c3ccc(-c4ccc(OCC)c(F)c4F)c(F)c3F)CC2)c(F)c1F. The number of allylic oxidation sites excluding steroid dienone is 1. The first kappa shape index (κ1) is 29.0. The molecule has 0 amide bonds. The second-order valence-corrected chi connectivity index (χ2v) is 9.08. The number of hydrogen-bond donors (Lipinski definition) is 0. The van der Waals surface area contributed by atoms with Gasteiger partial charge in [0.05, 0.1) is 18.8 Å². The highest BCUT2D eigenvalue weighted by Crippen LogP contribution is 2.37. The fraction of sp³-hybridized carbons (Fsp3) is 0.300. The third kappa shape index (κ3) is 5.80. The molecule has 212 valence electrons. The average molecular weight is 565 g/mol. The lowest BCUT2D eigenvalue weighted by Gasteiger charge is -2.23. The molecule has 3 aromatic carbocycles. The zero-order valence-electron chi connectivity index (χ0n) is 21.8. The minimum absolute atomic E-state index is 0.0753. The Morgan fingerprint density at radius 3 is 1.98 bits per heavy atom. The van der Waals surface area contributed by atoms with Crippen molar-refractivity contribution in [3.63, 3.8) is 0 Å². The van der Waals surface area contributed by atoms with Crippen molar-refractivity contribution in [1.82, 2.24) is 0 Å². The molecular weight excluding hydrogens is 538 g/mol. The molecule has 0 saturated heterocycles. The number of carbonyl (C=O) groups excluding carboxylic acids is 1. The number of ether oxygens (including phenoxy) is 3. The molecule has 0 heterocycles. The van der Waals surface area contributed by atoms with Crippen LogP contribution in [-0.2, 0) is 4.74 Å². The molecule has 0 fully saturated rings. The Labute approximate surface area is 227 Å². The van der Waals surface area contributed by atoms with Crippen LogP contribution in [0.1, 0.15) is 55.5 Å². The van der Waals surface area contributed by atoms with Gasteiger partial charge in [0, 0.05) is 23.1 Å². The quantitative estimate of drug-likeness (QED) is 0.194. The van der Waals surface area contributed by atoms with E-state index in [4.69, 9.17) is 14.2 Å². The predicted molar refractivity (Wildman–Crippen MR) is 136 cm³/mol. The highest BCUT2D eigenvalue weighted by atomic mass is 19.2. The summed E-state index contributed by atoms with van der Waals surface area (Å²) in [5.74, 6) is -9.64. The minimum atomic E-state index is -1.38. The third-order valence-corrected chi connectivity index (χ3v) is 6.43. The highest BCUT2D eigenvalue weighted by Gasteiger charge is 2.27. The first-order valence-corrected chi connectivity index (χ1v) is 12.8. The van der Waals surface area contributed by atoms with Crippen LogP contribution >= 0.6 is 0 Å². The van der Waals surface area contributed by atoms with Gasteiger partial charge in [-0.2, -0.15) is 8.78 Å². The lowest BCUT2D eigenvalue weighted by atomic mass is 9.90.